The molecule has 2 rings (SSSR count). The molecular formula is C20H26N2O2. The van der Waals surface area contributed by atoms with E-state index in [-0.39, 0.29) is 0 Å². The fraction of sp³-hybridized carbons (Fsp3) is 0.350. The van der Waals surface area contributed by atoms with Crippen molar-refractivity contribution in [2.75, 3.05) is 13.6 Å². The van der Waals surface area contributed by atoms with Gasteiger partial charge in [-0.2, -0.15) is 0 Å². The van der Waals surface area contributed by atoms with E-state index in [1.807, 2.05) is 12.1 Å². The molecule has 0 spiro atoms. The van der Waals surface area contributed by atoms with Gasteiger partial charge in [0.1, 0.15) is 0 Å². The average molecular weight is 326 g/mol. The summed E-state index contributed by atoms with van der Waals surface area (Å²) in [5.41, 5.74) is 2.66. The van der Waals surface area contributed by atoms with Gasteiger partial charge in [-0.3, -0.25) is 4.90 Å². The number of carboxylic acids is 1. The lowest BCUT2D eigenvalue weighted by Crippen LogP contribution is -2.31. The van der Waals surface area contributed by atoms with Gasteiger partial charge in [-0.05, 0) is 50.2 Å². The summed E-state index contributed by atoms with van der Waals surface area (Å²) < 4.78 is 0. The van der Waals surface area contributed by atoms with Crippen LogP contribution in [0.1, 0.15) is 34.8 Å². The third kappa shape index (κ3) is 5.80. The Bertz CT molecular complexity index is 643. The van der Waals surface area contributed by atoms with E-state index in [1.165, 1.54) is 5.56 Å². The highest BCUT2D eigenvalue weighted by atomic mass is 16.4. The number of aromatic carboxylic acids is 1. The molecule has 0 fully saturated rings. The molecular weight excluding hydrogens is 300 g/mol. The first-order valence-electron chi connectivity index (χ1n) is 8.33. The fourth-order valence-electron chi connectivity index (χ4n) is 2.61. The third-order valence-electron chi connectivity index (χ3n) is 4.27. The molecule has 0 aromatic heterocycles. The van der Waals surface area contributed by atoms with Gasteiger partial charge in [-0.25, -0.2) is 4.79 Å². The van der Waals surface area contributed by atoms with Gasteiger partial charge < -0.3 is 10.4 Å². The van der Waals surface area contributed by atoms with Crippen molar-refractivity contribution in [3.63, 3.8) is 0 Å². The number of hydrogen-bond donors (Lipinski definition) is 2. The fourth-order valence-corrected chi connectivity index (χ4v) is 2.61. The van der Waals surface area contributed by atoms with Crippen molar-refractivity contribution in [2.45, 2.75) is 32.5 Å². The van der Waals surface area contributed by atoms with Crippen LogP contribution in [0.3, 0.4) is 0 Å². The van der Waals surface area contributed by atoms with Crippen molar-refractivity contribution < 1.29 is 9.90 Å². The molecule has 0 amide bonds. The summed E-state index contributed by atoms with van der Waals surface area (Å²) in [7, 11) is 2.15. The second-order valence-corrected chi connectivity index (χ2v) is 6.22. The molecule has 0 aliphatic rings. The Morgan fingerprint density at radius 3 is 2.54 bits per heavy atom. The van der Waals surface area contributed by atoms with Gasteiger partial charge >= 0.3 is 5.97 Å². The molecule has 128 valence electrons. The van der Waals surface area contributed by atoms with Crippen molar-refractivity contribution in [2.24, 2.45) is 0 Å². The molecule has 2 aromatic carbocycles. The highest BCUT2D eigenvalue weighted by molar-refractivity contribution is 5.87. The Morgan fingerprint density at radius 2 is 1.83 bits per heavy atom. The number of nitrogens with zero attached hydrogens (tertiary/aromatic N) is 1. The smallest absolute Gasteiger partial charge is 0.335 e. The molecule has 24 heavy (non-hydrogen) atoms. The lowest BCUT2D eigenvalue weighted by molar-refractivity contribution is 0.0696. The Kier molecular flexibility index (Phi) is 6.97. The van der Waals surface area contributed by atoms with Crippen LogP contribution in [0.4, 0.5) is 0 Å². The minimum atomic E-state index is -0.881. The summed E-state index contributed by atoms with van der Waals surface area (Å²) >= 11 is 0. The standard InChI is InChI=1S/C20H26N2O2/c1-16(22(2)15-17-7-4-3-5-8-17)11-12-21-14-18-9-6-10-19(13-18)20(23)24/h3-10,13,16,21H,11-12,14-15H2,1-2H3,(H,23,24). The van der Waals surface area contributed by atoms with E-state index < -0.39 is 5.97 Å². The number of nitrogens with one attached hydrogen (secondary N) is 1. The van der Waals surface area contributed by atoms with Crippen LogP contribution in [0.2, 0.25) is 0 Å². The minimum Gasteiger partial charge on any atom is -0.478 e. The highest BCUT2D eigenvalue weighted by Gasteiger charge is 2.09. The van der Waals surface area contributed by atoms with Crippen LogP contribution in [0, 0.1) is 0 Å². The van der Waals surface area contributed by atoms with Gasteiger partial charge in [0.25, 0.3) is 0 Å². The molecule has 0 aliphatic heterocycles. The van der Waals surface area contributed by atoms with Crippen LogP contribution in [0.15, 0.2) is 54.6 Å². The minimum absolute atomic E-state index is 0.338. The normalized spacial score (nSPS) is 12.3. The largest absolute Gasteiger partial charge is 0.478 e. The Balaban J connectivity index is 1.71. The van der Waals surface area contributed by atoms with Crippen LogP contribution < -0.4 is 5.32 Å². The molecule has 0 heterocycles. The predicted molar refractivity (Wildman–Crippen MR) is 97.1 cm³/mol. The molecule has 0 saturated carbocycles. The van der Waals surface area contributed by atoms with E-state index in [4.69, 9.17) is 5.11 Å². The lowest BCUT2D eigenvalue weighted by Gasteiger charge is -2.25. The van der Waals surface area contributed by atoms with Gasteiger partial charge in [0, 0.05) is 19.1 Å². The molecule has 4 heteroatoms. The quantitative estimate of drug-likeness (QED) is 0.694. The van der Waals surface area contributed by atoms with E-state index in [0.29, 0.717) is 18.2 Å². The van der Waals surface area contributed by atoms with Gasteiger partial charge in [0.05, 0.1) is 5.56 Å². The molecule has 1 atom stereocenters. The summed E-state index contributed by atoms with van der Waals surface area (Å²) in [5.74, 6) is -0.881. The van der Waals surface area contributed by atoms with Crippen molar-refractivity contribution in [3.05, 3.63) is 71.3 Å². The van der Waals surface area contributed by atoms with Crippen molar-refractivity contribution in [1.29, 1.82) is 0 Å². The lowest BCUT2D eigenvalue weighted by atomic mass is 10.1. The molecule has 0 bridgehead atoms. The van der Waals surface area contributed by atoms with Crippen molar-refractivity contribution >= 4 is 5.97 Å². The number of benzene rings is 2. The first kappa shape index (κ1) is 18.2. The van der Waals surface area contributed by atoms with Crippen LogP contribution in [-0.4, -0.2) is 35.6 Å². The van der Waals surface area contributed by atoms with Gasteiger partial charge in [-0.1, -0.05) is 42.5 Å². The Labute approximate surface area is 144 Å². The van der Waals surface area contributed by atoms with Gasteiger partial charge in [-0.15, -0.1) is 0 Å². The van der Waals surface area contributed by atoms with Crippen LogP contribution >= 0.6 is 0 Å². The molecule has 2 N–H and O–H groups in total. The van der Waals surface area contributed by atoms with Crippen LogP contribution in [0.5, 0.6) is 0 Å². The van der Waals surface area contributed by atoms with E-state index >= 15 is 0 Å². The zero-order valence-corrected chi connectivity index (χ0v) is 14.4. The summed E-state index contributed by atoms with van der Waals surface area (Å²) in [6, 6.07) is 18.0. The summed E-state index contributed by atoms with van der Waals surface area (Å²) in [6.45, 7) is 4.77. The van der Waals surface area contributed by atoms with Crippen molar-refractivity contribution in [3.8, 4) is 0 Å². The van der Waals surface area contributed by atoms with E-state index in [0.717, 1.165) is 25.1 Å². The van der Waals surface area contributed by atoms with Crippen LogP contribution in [-0.2, 0) is 13.1 Å². The molecule has 4 nitrogen and oxygen atoms in total. The molecule has 0 saturated heterocycles. The average Bonchev–Trinajstić information content (AvgIpc) is 2.59. The second kappa shape index (κ2) is 9.21. The maximum Gasteiger partial charge on any atom is 0.335 e. The summed E-state index contributed by atoms with van der Waals surface area (Å²) in [6.07, 6.45) is 1.04. The van der Waals surface area contributed by atoms with E-state index in [9.17, 15) is 4.79 Å². The molecule has 0 radical (unpaired) electrons. The predicted octanol–water partition coefficient (Wildman–Crippen LogP) is 3.39. The molecule has 2 aromatic rings. The number of hydrogen-bond acceptors (Lipinski definition) is 3. The Morgan fingerprint density at radius 1 is 1.12 bits per heavy atom. The molecule has 0 aliphatic carbocycles. The van der Waals surface area contributed by atoms with Gasteiger partial charge in [0.15, 0.2) is 0 Å². The first-order valence-corrected chi connectivity index (χ1v) is 8.33. The zero-order valence-electron chi connectivity index (χ0n) is 14.4. The monoisotopic (exact) mass is 326 g/mol. The number of rotatable bonds is 9. The van der Waals surface area contributed by atoms with E-state index in [2.05, 4.69) is 48.5 Å². The maximum absolute atomic E-state index is 11.0. The highest BCUT2D eigenvalue weighted by Crippen LogP contribution is 2.08. The second-order valence-electron chi connectivity index (χ2n) is 6.22. The summed E-state index contributed by atoms with van der Waals surface area (Å²) in [4.78, 5) is 13.3. The first-order chi connectivity index (χ1) is 11.6. The van der Waals surface area contributed by atoms with Gasteiger partial charge in [0.2, 0.25) is 0 Å². The summed E-state index contributed by atoms with van der Waals surface area (Å²) in [5, 5.41) is 12.4. The number of carbonyl (C=O) groups is 1. The zero-order chi connectivity index (χ0) is 17.4. The van der Waals surface area contributed by atoms with E-state index in [1.54, 1.807) is 18.2 Å². The SMILES string of the molecule is CC(CCNCc1cccc(C(=O)O)c1)N(C)Cc1ccccc1. The van der Waals surface area contributed by atoms with Crippen LogP contribution in [0.25, 0.3) is 0 Å². The third-order valence-corrected chi connectivity index (χ3v) is 4.27. The Hall–Kier alpha value is -2.17. The van der Waals surface area contributed by atoms with Crippen molar-refractivity contribution in [1.82, 2.24) is 10.2 Å². The topological polar surface area (TPSA) is 52.6 Å². The number of carboxylic acid groups (broad SMARTS) is 1. The maximum atomic E-state index is 11.0. The molecule has 1 unspecified atom stereocenters.